The fourth-order valence-corrected chi connectivity index (χ4v) is 2.56. The third-order valence-corrected chi connectivity index (χ3v) is 3.66. The average Bonchev–Trinajstić information content (AvgIpc) is 2.75. The van der Waals surface area contributed by atoms with Gasteiger partial charge in [0.25, 0.3) is 0 Å². The molecule has 0 bridgehead atoms. The lowest BCUT2D eigenvalue weighted by molar-refractivity contribution is -0.142. The molecule has 1 fully saturated rings. The molecule has 1 rings (SSSR count). The van der Waals surface area contributed by atoms with Crippen LogP contribution >= 0.6 is 0 Å². The lowest BCUT2D eigenvalue weighted by Crippen LogP contribution is -2.21. The lowest BCUT2D eigenvalue weighted by Gasteiger charge is -2.16. The van der Waals surface area contributed by atoms with Gasteiger partial charge in [0.2, 0.25) is 0 Å². The Morgan fingerprint density at radius 3 is 2.68 bits per heavy atom. The van der Waals surface area contributed by atoms with Crippen molar-refractivity contribution in [3.8, 4) is 0 Å². The van der Waals surface area contributed by atoms with Crippen molar-refractivity contribution < 1.29 is 14.6 Å². The standard InChI is InChI=1S/C19H32O3/c1-5-7-8-9-10-11-13-17-18(22-19(3,4)21-17)15-14-16(20)12-6-2/h6,10-11,14-18,20H,2,5,7-9,12-13H2,1,3-4H3/b11-10-,15-14+/t16-,17+,18-/m0/s1. The molecule has 0 aliphatic carbocycles. The van der Waals surface area contributed by atoms with E-state index in [1.54, 1.807) is 12.2 Å². The van der Waals surface area contributed by atoms with E-state index in [9.17, 15) is 5.11 Å². The normalized spacial score (nSPS) is 26.0. The van der Waals surface area contributed by atoms with Gasteiger partial charge in [-0.3, -0.25) is 0 Å². The molecule has 0 aromatic heterocycles. The molecule has 0 saturated carbocycles. The Bertz CT molecular complexity index is 371. The van der Waals surface area contributed by atoms with Crippen LogP contribution in [-0.4, -0.2) is 29.2 Å². The minimum atomic E-state index is -0.570. The topological polar surface area (TPSA) is 38.7 Å². The van der Waals surface area contributed by atoms with Crippen LogP contribution in [0.2, 0.25) is 0 Å². The maximum absolute atomic E-state index is 9.75. The zero-order chi connectivity index (χ0) is 16.4. The number of ether oxygens (including phenoxy) is 2. The highest BCUT2D eigenvalue weighted by Gasteiger charge is 2.39. The number of aliphatic hydroxyl groups is 1. The van der Waals surface area contributed by atoms with Gasteiger partial charge in [-0.05, 0) is 39.5 Å². The zero-order valence-electron chi connectivity index (χ0n) is 14.3. The number of hydrogen-bond donors (Lipinski definition) is 1. The Labute approximate surface area is 135 Å². The Balaban J connectivity index is 2.48. The van der Waals surface area contributed by atoms with Gasteiger partial charge in [-0.2, -0.15) is 0 Å². The van der Waals surface area contributed by atoms with Crippen LogP contribution in [0.4, 0.5) is 0 Å². The molecule has 3 heteroatoms. The van der Waals surface area contributed by atoms with Gasteiger partial charge in [0, 0.05) is 0 Å². The van der Waals surface area contributed by atoms with E-state index >= 15 is 0 Å². The van der Waals surface area contributed by atoms with E-state index in [1.807, 2.05) is 19.9 Å². The molecule has 1 N–H and O–H groups in total. The highest BCUT2D eigenvalue weighted by Crippen LogP contribution is 2.31. The van der Waals surface area contributed by atoms with Crippen molar-refractivity contribution in [3.05, 3.63) is 37.0 Å². The second-order valence-corrected chi connectivity index (χ2v) is 6.32. The number of aliphatic hydroxyl groups excluding tert-OH is 1. The second kappa shape index (κ2) is 9.98. The van der Waals surface area contributed by atoms with Gasteiger partial charge < -0.3 is 14.6 Å². The van der Waals surface area contributed by atoms with Gasteiger partial charge in [-0.1, -0.05) is 50.1 Å². The number of rotatable bonds is 10. The summed E-state index contributed by atoms with van der Waals surface area (Å²) in [5.41, 5.74) is 0. The molecule has 1 heterocycles. The quantitative estimate of drug-likeness (QED) is 0.476. The molecule has 0 aromatic carbocycles. The summed E-state index contributed by atoms with van der Waals surface area (Å²) in [7, 11) is 0. The molecule has 0 spiro atoms. The van der Waals surface area contributed by atoms with Crippen LogP contribution in [0.1, 0.15) is 59.3 Å². The summed E-state index contributed by atoms with van der Waals surface area (Å²) in [6.07, 6.45) is 15.5. The molecule has 0 unspecified atom stereocenters. The van der Waals surface area contributed by atoms with E-state index in [-0.39, 0.29) is 12.2 Å². The van der Waals surface area contributed by atoms with Gasteiger partial charge in [0.15, 0.2) is 5.79 Å². The summed E-state index contributed by atoms with van der Waals surface area (Å²) in [6, 6.07) is 0. The van der Waals surface area contributed by atoms with Crippen LogP contribution in [0.25, 0.3) is 0 Å². The monoisotopic (exact) mass is 308 g/mol. The molecule has 126 valence electrons. The zero-order valence-corrected chi connectivity index (χ0v) is 14.3. The first-order valence-corrected chi connectivity index (χ1v) is 8.46. The predicted molar refractivity (Wildman–Crippen MR) is 91.7 cm³/mol. The summed E-state index contributed by atoms with van der Waals surface area (Å²) in [5.74, 6) is -0.570. The first kappa shape index (κ1) is 19.1. The van der Waals surface area contributed by atoms with Crippen molar-refractivity contribution in [1.29, 1.82) is 0 Å². The van der Waals surface area contributed by atoms with Gasteiger partial charge in [0.05, 0.1) is 12.2 Å². The first-order valence-electron chi connectivity index (χ1n) is 8.46. The minimum absolute atomic E-state index is 0.00427. The average molecular weight is 308 g/mol. The Morgan fingerprint density at radius 2 is 2.00 bits per heavy atom. The molecule has 1 saturated heterocycles. The van der Waals surface area contributed by atoms with Gasteiger partial charge >= 0.3 is 0 Å². The molecule has 1 aliphatic rings. The fourth-order valence-electron chi connectivity index (χ4n) is 2.56. The predicted octanol–water partition coefficient (Wildman–Crippen LogP) is 4.53. The maximum atomic E-state index is 9.75. The SMILES string of the molecule is C=CC[C@H](O)/C=C/[C@@H]1OC(C)(C)O[C@@H]1C/C=C\CCCCC. The van der Waals surface area contributed by atoms with Crippen LogP contribution in [0.5, 0.6) is 0 Å². The van der Waals surface area contributed by atoms with E-state index < -0.39 is 11.9 Å². The maximum Gasteiger partial charge on any atom is 0.164 e. The lowest BCUT2D eigenvalue weighted by atomic mass is 10.1. The van der Waals surface area contributed by atoms with Crippen molar-refractivity contribution in [2.24, 2.45) is 0 Å². The van der Waals surface area contributed by atoms with Crippen LogP contribution in [0, 0.1) is 0 Å². The van der Waals surface area contributed by atoms with E-state index in [0.29, 0.717) is 6.42 Å². The van der Waals surface area contributed by atoms with Crippen LogP contribution in [-0.2, 0) is 9.47 Å². The van der Waals surface area contributed by atoms with Gasteiger partial charge in [0.1, 0.15) is 6.10 Å². The second-order valence-electron chi connectivity index (χ2n) is 6.32. The molecular weight excluding hydrogens is 276 g/mol. The highest BCUT2D eigenvalue weighted by atomic mass is 16.7. The minimum Gasteiger partial charge on any atom is -0.389 e. The molecular formula is C19H32O3. The molecule has 0 radical (unpaired) electrons. The molecule has 0 aromatic rings. The number of hydrogen-bond acceptors (Lipinski definition) is 3. The van der Waals surface area contributed by atoms with E-state index in [2.05, 4.69) is 25.7 Å². The van der Waals surface area contributed by atoms with Crippen molar-refractivity contribution in [3.63, 3.8) is 0 Å². The van der Waals surface area contributed by atoms with Crippen LogP contribution in [0.3, 0.4) is 0 Å². The molecule has 3 nitrogen and oxygen atoms in total. The third-order valence-electron chi connectivity index (χ3n) is 3.66. The van der Waals surface area contributed by atoms with E-state index in [4.69, 9.17) is 9.47 Å². The van der Waals surface area contributed by atoms with Crippen LogP contribution in [0.15, 0.2) is 37.0 Å². The summed E-state index contributed by atoms with van der Waals surface area (Å²) in [5, 5.41) is 9.75. The Hall–Kier alpha value is -0.900. The summed E-state index contributed by atoms with van der Waals surface area (Å²) < 4.78 is 11.9. The van der Waals surface area contributed by atoms with Crippen molar-refractivity contribution >= 4 is 0 Å². The fraction of sp³-hybridized carbons (Fsp3) is 0.684. The smallest absolute Gasteiger partial charge is 0.164 e. The van der Waals surface area contributed by atoms with Crippen molar-refractivity contribution in [2.45, 2.75) is 83.4 Å². The van der Waals surface area contributed by atoms with Gasteiger partial charge in [-0.15, -0.1) is 6.58 Å². The summed E-state index contributed by atoms with van der Waals surface area (Å²) >= 11 is 0. The Morgan fingerprint density at radius 1 is 1.23 bits per heavy atom. The number of allylic oxidation sites excluding steroid dienone is 1. The third kappa shape index (κ3) is 7.39. The molecule has 22 heavy (non-hydrogen) atoms. The molecule has 3 atom stereocenters. The number of unbranched alkanes of at least 4 members (excludes halogenated alkanes) is 3. The van der Waals surface area contributed by atoms with Crippen LogP contribution < -0.4 is 0 Å². The van der Waals surface area contributed by atoms with E-state index in [1.165, 1.54) is 19.3 Å². The summed E-state index contributed by atoms with van der Waals surface area (Å²) in [4.78, 5) is 0. The molecule has 0 amide bonds. The molecule has 1 aliphatic heterocycles. The highest BCUT2D eigenvalue weighted by molar-refractivity contribution is 5.03. The van der Waals surface area contributed by atoms with Gasteiger partial charge in [-0.25, -0.2) is 0 Å². The largest absolute Gasteiger partial charge is 0.389 e. The summed E-state index contributed by atoms with van der Waals surface area (Å²) in [6.45, 7) is 9.71. The van der Waals surface area contributed by atoms with E-state index in [0.717, 1.165) is 12.8 Å². The Kier molecular flexibility index (Phi) is 8.69. The van der Waals surface area contributed by atoms with Crippen molar-refractivity contribution in [2.75, 3.05) is 0 Å². The van der Waals surface area contributed by atoms with Crippen molar-refractivity contribution in [1.82, 2.24) is 0 Å². The first-order chi connectivity index (χ1) is 10.5.